The van der Waals surface area contributed by atoms with Crippen LogP contribution in [0, 0.1) is 5.82 Å². The van der Waals surface area contributed by atoms with Crippen molar-refractivity contribution in [1.29, 1.82) is 0 Å². The fraction of sp³-hybridized carbons (Fsp3) is 0.455. The Balaban J connectivity index is 0.00000280. The van der Waals surface area contributed by atoms with E-state index in [1.807, 2.05) is 44.2 Å². The molecule has 0 aromatic heterocycles. The van der Waals surface area contributed by atoms with Crippen molar-refractivity contribution in [1.82, 2.24) is 4.90 Å². The lowest BCUT2D eigenvalue weighted by Crippen LogP contribution is -2.40. The van der Waals surface area contributed by atoms with Gasteiger partial charge >= 0.3 is 0 Å². The zero-order valence-corrected chi connectivity index (χ0v) is 18.1. The maximum absolute atomic E-state index is 13.2. The van der Waals surface area contributed by atoms with Gasteiger partial charge in [0.15, 0.2) is 9.84 Å². The number of rotatable bonds is 6. The van der Waals surface area contributed by atoms with Gasteiger partial charge in [-0.3, -0.25) is 0 Å². The molecule has 3 rings (SSSR count). The summed E-state index contributed by atoms with van der Waals surface area (Å²) in [7, 11) is -3.30. The summed E-state index contributed by atoms with van der Waals surface area (Å²) in [5.74, 6) is -0.0294. The van der Waals surface area contributed by atoms with Crippen LogP contribution in [0.2, 0.25) is 0 Å². The van der Waals surface area contributed by atoms with Gasteiger partial charge in [-0.05, 0) is 67.6 Å². The second-order valence-corrected chi connectivity index (χ2v) is 9.85. The van der Waals surface area contributed by atoms with Crippen molar-refractivity contribution < 1.29 is 12.8 Å². The molecule has 0 saturated carbocycles. The third-order valence-corrected chi connectivity index (χ3v) is 7.78. The van der Waals surface area contributed by atoms with E-state index in [0.717, 1.165) is 37.2 Å². The Morgan fingerprint density at radius 2 is 1.64 bits per heavy atom. The summed E-state index contributed by atoms with van der Waals surface area (Å²) in [6.07, 6.45) is 2.18. The Bertz CT molecular complexity index is 860. The molecule has 0 aliphatic carbocycles. The van der Waals surface area contributed by atoms with Gasteiger partial charge in [-0.25, -0.2) is 12.8 Å². The van der Waals surface area contributed by atoms with Gasteiger partial charge < -0.3 is 4.90 Å². The van der Waals surface area contributed by atoms with Crippen LogP contribution in [0.25, 0.3) is 0 Å². The monoisotopic (exact) mass is 425 g/mol. The molecule has 0 N–H and O–H groups in total. The van der Waals surface area contributed by atoms with Crippen LogP contribution in [-0.4, -0.2) is 38.2 Å². The highest BCUT2D eigenvalue weighted by atomic mass is 35.5. The Morgan fingerprint density at radius 1 is 1.04 bits per heavy atom. The standard InChI is InChI=1S/C22H28FNO2S.ClH/c1-17(2)21-5-3-4-6-22(21)27(25,26)20-12-15-24(16-13-20)14-11-18-7-9-19(23)10-8-18;/h3-10,17,20H,11-16H2,1-2H3;1H. The quantitative estimate of drug-likeness (QED) is 0.663. The number of likely N-dealkylation sites (tertiary alicyclic amines) is 1. The molecule has 6 heteroatoms. The Morgan fingerprint density at radius 3 is 2.25 bits per heavy atom. The molecule has 0 atom stereocenters. The average molecular weight is 426 g/mol. The Labute approximate surface area is 174 Å². The number of nitrogens with zero attached hydrogens (tertiary/aromatic N) is 1. The summed E-state index contributed by atoms with van der Waals surface area (Å²) < 4.78 is 39.3. The van der Waals surface area contributed by atoms with Crippen LogP contribution in [0.5, 0.6) is 0 Å². The molecule has 2 aromatic rings. The van der Waals surface area contributed by atoms with E-state index in [2.05, 4.69) is 4.90 Å². The first-order chi connectivity index (χ1) is 12.9. The van der Waals surface area contributed by atoms with Gasteiger partial charge in [-0.1, -0.05) is 44.2 Å². The molecule has 1 saturated heterocycles. The van der Waals surface area contributed by atoms with Crippen LogP contribution >= 0.6 is 12.4 Å². The van der Waals surface area contributed by atoms with Crippen molar-refractivity contribution in [2.45, 2.75) is 49.2 Å². The normalized spacial score (nSPS) is 16.1. The molecule has 0 spiro atoms. The zero-order valence-electron chi connectivity index (χ0n) is 16.5. The molecule has 1 aliphatic heterocycles. The lowest BCUT2D eigenvalue weighted by Gasteiger charge is -2.32. The molecule has 1 heterocycles. The maximum atomic E-state index is 13.2. The van der Waals surface area contributed by atoms with Gasteiger partial charge in [-0.2, -0.15) is 0 Å². The zero-order chi connectivity index (χ0) is 19.4. The molecule has 0 unspecified atom stereocenters. The number of sulfone groups is 1. The van der Waals surface area contributed by atoms with Crippen LogP contribution in [0.1, 0.15) is 43.7 Å². The van der Waals surface area contributed by atoms with E-state index in [1.165, 1.54) is 12.1 Å². The van der Waals surface area contributed by atoms with Crippen molar-refractivity contribution in [2.75, 3.05) is 19.6 Å². The van der Waals surface area contributed by atoms with Crippen LogP contribution in [0.4, 0.5) is 4.39 Å². The van der Waals surface area contributed by atoms with Gasteiger partial charge in [-0.15, -0.1) is 12.4 Å². The van der Waals surface area contributed by atoms with Crippen molar-refractivity contribution >= 4 is 22.2 Å². The number of halogens is 2. The highest BCUT2D eigenvalue weighted by Crippen LogP contribution is 2.30. The van der Waals surface area contributed by atoms with Gasteiger partial charge in [0.25, 0.3) is 0 Å². The van der Waals surface area contributed by atoms with Crippen molar-refractivity contribution in [3.05, 3.63) is 65.5 Å². The minimum absolute atomic E-state index is 0. The predicted molar refractivity (Wildman–Crippen MR) is 115 cm³/mol. The Kier molecular flexibility index (Phi) is 8.05. The summed E-state index contributed by atoms with van der Waals surface area (Å²) in [4.78, 5) is 2.81. The van der Waals surface area contributed by atoms with Gasteiger partial charge in [0.05, 0.1) is 10.1 Å². The second-order valence-electron chi connectivity index (χ2n) is 7.66. The summed E-state index contributed by atoms with van der Waals surface area (Å²) in [5, 5.41) is -0.306. The maximum Gasteiger partial charge on any atom is 0.181 e. The van der Waals surface area contributed by atoms with Crippen LogP contribution in [0.3, 0.4) is 0 Å². The summed E-state index contributed by atoms with van der Waals surface area (Å²) in [5.41, 5.74) is 2.02. The van der Waals surface area contributed by atoms with Crippen molar-refractivity contribution in [3.8, 4) is 0 Å². The van der Waals surface area contributed by atoms with E-state index in [-0.39, 0.29) is 29.4 Å². The number of piperidine rings is 1. The third kappa shape index (κ3) is 5.34. The summed E-state index contributed by atoms with van der Waals surface area (Å²) in [6.45, 7) is 6.52. The topological polar surface area (TPSA) is 37.4 Å². The van der Waals surface area contributed by atoms with Crippen LogP contribution in [0.15, 0.2) is 53.4 Å². The largest absolute Gasteiger partial charge is 0.303 e. The van der Waals surface area contributed by atoms with Crippen molar-refractivity contribution in [3.63, 3.8) is 0 Å². The first kappa shape index (κ1) is 22.9. The minimum Gasteiger partial charge on any atom is -0.303 e. The molecule has 0 amide bonds. The lowest BCUT2D eigenvalue weighted by molar-refractivity contribution is 0.232. The molecule has 0 bridgehead atoms. The smallest absolute Gasteiger partial charge is 0.181 e. The predicted octanol–water partition coefficient (Wildman–Crippen LogP) is 4.85. The van der Waals surface area contributed by atoms with Gasteiger partial charge in [0.1, 0.15) is 5.82 Å². The molecule has 28 heavy (non-hydrogen) atoms. The Hall–Kier alpha value is -1.43. The molecular weight excluding hydrogens is 397 g/mol. The molecule has 0 radical (unpaired) electrons. The minimum atomic E-state index is -3.30. The van der Waals surface area contributed by atoms with E-state index < -0.39 is 9.84 Å². The third-order valence-electron chi connectivity index (χ3n) is 5.45. The first-order valence-corrected chi connectivity index (χ1v) is 11.2. The number of hydrogen-bond donors (Lipinski definition) is 0. The van der Waals surface area contributed by atoms with Crippen molar-refractivity contribution in [2.24, 2.45) is 0 Å². The highest BCUT2D eigenvalue weighted by molar-refractivity contribution is 7.92. The van der Waals surface area contributed by atoms with E-state index in [9.17, 15) is 12.8 Å². The van der Waals surface area contributed by atoms with Crippen LogP contribution in [-0.2, 0) is 16.3 Å². The molecular formula is C22H29ClFNO2S. The number of benzene rings is 2. The van der Waals surface area contributed by atoms with Crippen LogP contribution < -0.4 is 0 Å². The summed E-state index contributed by atoms with van der Waals surface area (Å²) >= 11 is 0. The second kappa shape index (κ2) is 9.86. The van der Waals surface area contributed by atoms with E-state index in [4.69, 9.17) is 0 Å². The molecule has 1 fully saturated rings. The highest BCUT2D eigenvalue weighted by Gasteiger charge is 2.32. The van der Waals surface area contributed by atoms with Gasteiger partial charge in [0, 0.05) is 6.54 Å². The van der Waals surface area contributed by atoms with E-state index >= 15 is 0 Å². The SMILES string of the molecule is CC(C)c1ccccc1S(=O)(=O)C1CCN(CCc2ccc(F)cc2)CC1.Cl. The molecule has 1 aliphatic rings. The fourth-order valence-electron chi connectivity index (χ4n) is 3.78. The molecule has 154 valence electrons. The molecule has 3 nitrogen and oxygen atoms in total. The van der Waals surface area contributed by atoms with Gasteiger partial charge in [0.2, 0.25) is 0 Å². The van der Waals surface area contributed by atoms with E-state index in [0.29, 0.717) is 17.7 Å². The first-order valence-electron chi connectivity index (χ1n) is 9.67. The van der Waals surface area contributed by atoms with E-state index in [1.54, 1.807) is 6.07 Å². The molecule has 2 aromatic carbocycles. The number of hydrogen-bond acceptors (Lipinski definition) is 3. The fourth-order valence-corrected chi connectivity index (χ4v) is 5.87. The average Bonchev–Trinajstić information content (AvgIpc) is 2.68. The lowest BCUT2D eigenvalue weighted by atomic mass is 10.0. The summed E-state index contributed by atoms with van der Waals surface area (Å²) in [6, 6.07) is 14.0.